The van der Waals surface area contributed by atoms with Crippen molar-refractivity contribution < 1.29 is 28.9 Å². The first-order valence-electron chi connectivity index (χ1n) is 12.7. The molecule has 0 aromatic heterocycles. The van der Waals surface area contributed by atoms with E-state index in [1.54, 1.807) is 45.0 Å². The summed E-state index contributed by atoms with van der Waals surface area (Å²) in [5, 5.41) is 9.57. The summed E-state index contributed by atoms with van der Waals surface area (Å²) >= 11 is 6.21. The number of rotatable bonds is 13. The molecule has 0 saturated heterocycles. The van der Waals surface area contributed by atoms with Crippen molar-refractivity contribution in [1.29, 1.82) is 0 Å². The minimum absolute atomic E-state index is 0.00207. The van der Waals surface area contributed by atoms with Crippen LogP contribution in [0, 0.1) is 0 Å². The molecule has 0 saturated carbocycles. The van der Waals surface area contributed by atoms with Crippen LogP contribution < -0.4 is 15.6 Å². The van der Waals surface area contributed by atoms with Crippen LogP contribution in [0.2, 0.25) is 5.02 Å². The molecule has 3 N–H and O–H groups in total. The lowest BCUT2D eigenvalue weighted by molar-refractivity contribution is -0.155. The second-order valence-electron chi connectivity index (χ2n) is 10.00. The number of esters is 1. The van der Waals surface area contributed by atoms with Gasteiger partial charge in [-0.15, -0.1) is 0 Å². The van der Waals surface area contributed by atoms with Gasteiger partial charge in [0.05, 0.1) is 6.61 Å². The third-order valence-electron chi connectivity index (χ3n) is 5.70. The number of ether oxygens (including phenoxy) is 3. The van der Waals surface area contributed by atoms with E-state index in [0.717, 1.165) is 5.56 Å². The number of aliphatic hydroxyl groups excluding tert-OH is 1. The number of nitrogens with zero attached hydrogens (tertiary/aromatic N) is 1. The van der Waals surface area contributed by atoms with E-state index >= 15 is 0 Å². The van der Waals surface area contributed by atoms with Gasteiger partial charge in [-0.05, 0) is 69.5 Å². The summed E-state index contributed by atoms with van der Waals surface area (Å²) in [6.45, 7) is 6.29. The van der Waals surface area contributed by atoms with Crippen LogP contribution in [-0.2, 0) is 25.5 Å². The second-order valence-corrected chi connectivity index (χ2v) is 10.4. The number of benzene rings is 2. The van der Waals surface area contributed by atoms with Gasteiger partial charge in [-0.2, -0.15) is 0 Å². The lowest BCUT2D eigenvalue weighted by Crippen LogP contribution is -2.52. The van der Waals surface area contributed by atoms with Crippen LogP contribution in [0.3, 0.4) is 0 Å². The maximum Gasteiger partial charge on any atom is 0.306 e. The van der Waals surface area contributed by atoms with Crippen LogP contribution in [0.15, 0.2) is 53.5 Å². The highest BCUT2D eigenvalue weighted by atomic mass is 35.5. The Morgan fingerprint density at radius 1 is 1.16 bits per heavy atom. The summed E-state index contributed by atoms with van der Waals surface area (Å²) in [5.41, 5.74) is 5.37. The van der Waals surface area contributed by atoms with Gasteiger partial charge in [-0.1, -0.05) is 29.8 Å². The normalized spacial score (nSPS) is 16.9. The Morgan fingerprint density at radius 3 is 2.58 bits per heavy atom. The van der Waals surface area contributed by atoms with Gasteiger partial charge in [-0.25, -0.2) is 10.4 Å². The number of carbonyl (C=O) groups excluding carboxylic acids is 2. The van der Waals surface area contributed by atoms with Crippen molar-refractivity contribution in [2.75, 3.05) is 26.4 Å². The highest BCUT2D eigenvalue weighted by molar-refractivity contribution is 6.31. The highest BCUT2D eigenvalue weighted by Gasteiger charge is 2.45. The van der Waals surface area contributed by atoms with Crippen LogP contribution in [0.5, 0.6) is 5.75 Å². The summed E-state index contributed by atoms with van der Waals surface area (Å²) in [6.07, 6.45) is 1.27. The molecule has 1 atom stereocenters. The number of amides is 1. The van der Waals surface area contributed by atoms with Crippen molar-refractivity contribution in [2.24, 2.45) is 4.99 Å². The number of aliphatic hydroxyl groups is 1. The zero-order chi connectivity index (χ0) is 27.6. The van der Waals surface area contributed by atoms with Crippen molar-refractivity contribution in [3.63, 3.8) is 0 Å². The maximum atomic E-state index is 13.3. The molecule has 3 rings (SSSR count). The predicted molar refractivity (Wildman–Crippen MR) is 145 cm³/mol. The quantitative estimate of drug-likeness (QED) is 0.200. The van der Waals surface area contributed by atoms with Crippen molar-refractivity contribution in [2.45, 2.75) is 57.6 Å². The molecule has 0 spiro atoms. The number of carbonyl (C=O) groups is 2. The molecule has 1 heterocycles. The zero-order valence-electron chi connectivity index (χ0n) is 22.1. The van der Waals surface area contributed by atoms with Crippen molar-refractivity contribution >= 4 is 29.4 Å². The molecule has 0 bridgehead atoms. The monoisotopic (exact) mass is 545 g/mol. The molecular formula is C28H36ClN3O6. The lowest BCUT2D eigenvalue weighted by atomic mass is 9.94. The minimum Gasteiger partial charge on any atom is -0.494 e. The lowest BCUT2D eigenvalue weighted by Gasteiger charge is -2.24. The standard InChI is InChI=1S/C28H36ClN3O6/c1-27(2,3)38-24(34)13-15-28(26(35)32-30-16-14-20-7-4-5-8-23(20)29)19-37-25(31-28)21-9-11-22(12-10-21)36-18-6-17-33/h4-5,7-12,30,33H,6,13-19H2,1-3H3,(H,32,35)/t28-/m0/s1. The Kier molecular flexibility index (Phi) is 10.5. The van der Waals surface area contributed by atoms with Crippen LogP contribution in [0.25, 0.3) is 0 Å². The molecule has 1 aliphatic rings. The first kappa shape index (κ1) is 29.4. The fourth-order valence-electron chi connectivity index (χ4n) is 3.76. The van der Waals surface area contributed by atoms with E-state index in [-0.39, 0.29) is 26.1 Å². The zero-order valence-corrected chi connectivity index (χ0v) is 22.8. The van der Waals surface area contributed by atoms with E-state index < -0.39 is 23.0 Å². The van der Waals surface area contributed by atoms with E-state index in [1.807, 2.05) is 24.3 Å². The minimum atomic E-state index is -1.31. The molecule has 1 aliphatic heterocycles. The van der Waals surface area contributed by atoms with Gasteiger partial charge in [0.2, 0.25) is 5.90 Å². The van der Waals surface area contributed by atoms with Gasteiger partial charge in [0.15, 0.2) is 5.54 Å². The van der Waals surface area contributed by atoms with Crippen LogP contribution in [0.1, 0.15) is 51.2 Å². The number of nitrogens with one attached hydrogen (secondary N) is 2. The van der Waals surface area contributed by atoms with Crippen molar-refractivity contribution in [1.82, 2.24) is 10.9 Å². The number of hydrogen-bond acceptors (Lipinski definition) is 8. The smallest absolute Gasteiger partial charge is 0.306 e. The maximum absolute atomic E-state index is 13.3. The van der Waals surface area contributed by atoms with Gasteiger partial charge < -0.3 is 19.3 Å². The molecule has 2 aromatic carbocycles. The third kappa shape index (κ3) is 8.72. The van der Waals surface area contributed by atoms with Crippen LogP contribution in [0.4, 0.5) is 0 Å². The molecule has 38 heavy (non-hydrogen) atoms. The number of hydrazine groups is 1. The molecule has 10 heteroatoms. The Morgan fingerprint density at radius 2 is 1.89 bits per heavy atom. The SMILES string of the molecule is CC(C)(C)OC(=O)CC[C@@]1(C(=O)NNCCc2ccccc2Cl)COC(c2ccc(OCCCO)cc2)=N1. The fourth-order valence-corrected chi connectivity index (χ4v) is 3.99. The number of halogens is 1. The molecule has 206 valence electrons. The Bertz CT molecular complexity index is 1120. The van der Waals surface area contributed by atoms with Gasteiger partial charge >= 0.3 is 5.97 Å². The molecule has 1 amide bonds. The van der Waals surface area contributed by atoms with Gasteiger partial charge in [0, 0.05) is 36.6 Å². The largest absolute Gasteiger partial charge is 0.494 e. The molecular weight excluding hydrogens is 510 g/mol. The molecule has 0 fully saturated rings. The van der Waals surface area contributed by atoms with Crippen molar-refractivity contribution in [3.05, 3.63) is 64.7 Å². The number of aliphatic imine (C=N–C) groups is 1. The van der Waals surface area contributed by atoms with Crippen molar-refractivity contribution in [3.8, 4) is 5.75 Å². The average molecular weight is 546 g/mol. The molecule has 9 nitrogen and oxygen atoms in total. The summed E-state index contributed by atoms with van der Waals surface area (Å²) in [6, 6.07) is 14.6. The second kappa shape index (κ2) is 13.6. The summed E-state index contributed by atoms with van der Waals surface area (Å²) in [5.74, 6) is 0.142. The Labute approximate surface area is 228 Å². The van der Waals surface area contributed by atoms with Gasteiger partial charge in [0.1, 0.15) is 18.0 Å². The Balaban J connectivity index is 1.69. The molecule has 0 unspecified atom stereocenters. The van der Waals surface area contributed by atoms with Crippen LogP contribution >= 0.6 is 11.6 Å². The first-order chi connectivity index (χ1) is 18.1. The summed E-state index contributed by atoms with van der Waals surface area (Å²) in [4.78, 5) is 30.4. The average Bonchev–Trinajstić information content (AvgIpc) is 3.32. The highest BCUT2D eigenvalue weighted by Crippen LogP contribution is 2.28. The third-order valence-corrected chi connectivity index (χ3v) is 6.07. The summed E-state index contributed by atoms with van der Waals surface area (Å²) < 4.78 is 16.9. The summed E-state index contributed by atoms with van der Waals surface area (Å²) in [7, 11) is 0. The van der Waals surface area contributed by atoms with Crippen LogP contribution in [-0.4, -0.2) is 60.4 Å². The van der Waals surface area contributed by atoms with E-state index in [1.165, 1.54) is 0 Å². The number of hydrogen-bond donors (Lipinski definition) is 3. The van der Waals surface area contributed by atoms with E-state index in [4.69, 9.17) is 30.9 Å². The fraction of sp³-hybridized carbons (Fsp3) is 0.464. The molecule has 2 aromatic rings. The van der Waals surface area contributed by atoms with E-state index in [0.29, 0.717) is 48.2 Å². The molecule has 0 radical (unpaired) electrons. The van der Waals surface area contributed by atoms with E-state index in [9.17, 15) is 9.59 Å². The van der Waals surface area contributed by atoms with Gasteiger partial charge in [-0.3, -0.25) is 15.0 Å². The van der Waals surface area contributed by atoms with E-state index in [2.05, 4.69) is 15.8 Å². The molecule has 0 aliphatic carbocycles. The first-order valence-corrected chi connectivity index (χ1v) is 13.0. The Hall–Kier alpha value is -3.14. The van der Waals surface area contributed by atoms with Gasteiger partial charge in [0.25, 0.3) is 5.91 Å². The predicted octanol–water partition coefficient (Wildman–Crippen LogP) is 3.60. The topological polar surface area (TPSA) is 118 Å².